The van der Waals surface area contributed by atoms with Crippen molar-refractivity contribution in [3.05, 3.63) is 60.0 Å². The van der Waals surface area contributed by atoms with Crippen molar-refractivity contribution in [1.82, 2.24) is 20.0 Å². The Morgan fingerprint density at radius 2 is 1.41 bits per heavy atom. The highest BCUT2D eigenvalue weighted by molar-refractivity contribution is 6.07. The zero-order valence-electron chi connectivity index (χ0n) is 19.8. The zero-order chi connectivity index (χ0) is 23.7. The van der Waals surface area contributed by atoms with E-state index in [1.165, 1.54) is 12.1 Å². The summed E-state index contributed by atoms with van der Waals surface area (Å²) >= 11 is 0. The maximum Gasteiger partial charge on any atom is 0.275 e. The molecule has 2 aliphatic heterocycles. The van der Waals surface area contributed by atoms with E-state index in [-0.39, 0.29) is 11.7 Å². The van der Waals surface area contributed by atoms with Gasteiger partial charge in [-0.1, -0.05) is 24.3 Å². The van der Waals surface area contributed by atoms with Crippen LogP contribution in [0.4, 0.5) is 15.9 Å². The molecule has 0 spiro atoms. The summed E-state index contributed by atoms with van der Waals surface area (Å²) in [7, 11) is 0. The van der Waals surface area contributed by atoms with Crippen LogP contribution < -0.4 is 9.80 Å². The number of rotatable bonds is 4. The van der Waals surface area contributed by atoms with E-state index in [0.29, 0.717) is 24.8 Å². The molecule has 0 unspecified atom stereocenters. The van der Waals surface area contributed by atoms with Crippen LogP contribution in [0.25, 0.3) is 10.8 Å². The van der Waals surface area contributed by atoms with Crippen LogP contribution in [0.3, 0.4) is 0 Å². The van der Waals surface area contributed by atoms with Gasteiger partial charge in [0.15, 0.2) is 11.5 Å². The van der Waals surface area contributed by atoms with Crippen LogP contribution in [0, 0.1) is 5.82 Å². The van der Waals surface area contributed by atoms with Gasteiger partial charge in [0, 0.05) is 74.9 Å². The number of carbonyl (C=O) groups excluding carboxylic acids is 1. The summed E-state index contributed by atoms with van der Waals surface area (Å²) in [4.78, 5) is 22.1. The molecular weight excluding hydrogens is 431 g/mol. The average Bonchev–Trinajstić information content (AvgIpc) is 2.88. The summed E-state index contributed by atoms with van der Waals surface area (Å²) in [5, 5.41) is 10.8. The molecule has 0 bridgehead atoms. The second-order valence-corrected chi connectivity index (χ2v) is 9.29. The second kappa shape index (κ2) is 9.54. The minimum absolute atomic E-state index is 0.0419. The van der Waals surface area contributed by atoms with Crippen LogP contribution in [0.1, 0.15) is 24.3 Å². The molecule has 0 radical (unpaired) electrons. The first-order chi connectivity index (χ1) is 16.5. The van der Waals surface area contributed by atoms with E-state index >= 15 is 0 Å². The standard InChI is InChI=1S/C26H31FN6O/c1-19(2)30-11-17-33(18-12-30)26(34)24-22-5-3-4-6-23(22)25(29-28-24)32-15-13-31(14-16-32)21-9-7-20(27)8-10-21/h3-10,19H,11-18H2,1-2H3. The fourth-order valence-corrected chi connectivity index (χ4v) is 4.90. The molecule has 7 nitrogen and oxygen atoms in total. The maximum atomic E-state index is 13.4. The lowest BCUT2D eigenvalue weighted by molar-refractivity contribution is 0.0591. The number of hydrogen-bond acceptors (Lipinski definition) is 6. The monoisotopic (exact) mass is 462 g/mol. The Labute approximate surface area is 199 Å². The van der Waals surface area contributed by atoms with Crippen molar-refractivity contribution >= 4 is 28.2 Å². The van der Waals surface area contributed by atoms with Crippen LogP contribution in [0.15, 0.2) is 48.5 Å². The summed E-state index contributed by atoms with van der Waals surface area (Å²) in [6.07, 6.45) is 0. The molecular formula is C26H31FN6O. The fourth-order valence-electron chi connectivity index (χ4n) is 4.90. The van der Waals surface area contributed by atoms with Gasteiger partial charge in [-0.15, -0.1) is 10.2 Å². The summed E-state index contributed by atoms with van der Waals surface area (Å²) in [6, 6.07) is 15.1. The topological polar surface area (TPSA) is 55.8 Å². The molecule has 2 fully saturated rings. The SMILES string of the molecule is CC(C)N1CCN(C(=O)c2nnc(N3CCN(c4ccc(F)cc4)CC3)c3ccccc23)CC1. The predicted molar refractivity (Wildman–Crippen MR) is 133 cm³/mol. The highest BCUT2D eigenvalue weighted by atomic mass is 19.1. The Bertz CT molecular complexity index is 1150. The maximum absolute atomic E-state index is 13.4. The molecule has 1 amide bonds. The number of aromatic nitrogens is 2. The summed E-state index contributed by atoms with van der Waals surface area (Å²) in [6.45, 7) is 10.7. The number of piperazine rings is 2. The van der Waals surface area contributed by atoms with Gasteiger partial charge >= 0.3 is 0 Å². The van der Waals surface area contributed by atoms with E-state index in [4.69, 9.17) is 0 Å². The van der Waals surface area contributed by atoms with E-state index in [2.05, 4.69) is 38.7 Å². The Balaban J connectivity index is 1.34. The molecule has 178 valence electrons. The van der Waals surface area contributed by atoms with Gasteiger partial charge in [-0.2, -0.15) is 0 Å². The van der Waals surface area contributed by atoms with E-state index < -0.39 is 0 Å². The first-order valence-corrected chi connectivity index (χ1v) is 12.1. The summed E-state index contributed by atoms with van der Waals surface area (Å²) < 4.78 is 13.3. The molecule has 3 heterocycles. The number of anilines is 2. The predicted octanol–water partition coefficient (Wildman–Crippen LogP) is 3.26. The first-order valence-electron chi connectivity index (χ1n) is 12.1. The normalized spacial score (nSPS) is 17.6. The molecule has 2 saturated heterocycles. The second-order valence-electron chi connectivity index (χ2n) is 9.29. The van der Waals surface area contributed by atoms with Gasteiger partial charge in [-0.25, -0.2) is 4.39 Å². The number of carbonyl (C=O) groups is 1. The van der Waals surface area contributed by atoms with Crippen LogP contribution in [0.2, 0.25) is 0 Å². The number of nitrogens with zero attached hydrogens (tertiary/aromatic N) is 6. The van der Waals surface area contributed by atoms with Crippen molar-refractivity contribution in [3.63, 3.8) is 0 Å². The largest absolute Gasteiger partial charge is 0.368 e. The lowest BCUT2D eigenvalue weighted by atomic mass is 10.1. The minimum atomic E-state index is -0.222. The van der Waals surface area contributed by atoms with Crippen molar-refractivity contribution in [1.29, 1.82) is 0 Å². The molecule has 5 rings (SSSR count). The van der Waals surface area contributed by atoms with Crippen LogP contribution >= 0.6 is 0 Å². The highest BCUT2D eigenvalue weighted by Crippen LogP contribution is 2.28. The van der Waals surface area contributed by atoms with E-state index in [1.54, 1.807) is 0 Å². The van der Waals surface area contributed by atoms with E-state index in [1.807, 2.05) is 41.3 Å². The Hall–Kier alpha value is -3.26. The van der Waals surface area contributed by atoms with Crippen molar-refractivity contribution in [2.24, 2.45) is 0 Å². The molecule has 0 N–H and O–H groups in total. The smallest absolute Gasteiger partial charge is 0.275 e. The fraction of sp³-hybridized carbons (Fsp3) is 0.423. The van der Waals surface area contributed by atoms with E-state index in [9.17, 15) is 9.18 Å². The van der Waals surface area contributed by atoms with Crippen molar-refractivity contribution in [2.75, 3.05) is 62.2 Å². The van der Waals surface area contributed by atoms with Gasteiger partial charge < -0.3 is 14.7 Å². The number of halogens is 1. The number of hydrogen-bond donors (Lipinski definition) is 0. The molecule has 2 aliphatic rings. The van der Waals surface area contributed by atoms with Crippen LogP contribution in [-0.2, 0) is 0 Å². The Morgan fingerprint density at radius 1 is 0.794 bits per heavy atom. The van der Waals surface area contributed by atoms with Gasteiger partial charge in [-0.3, -0.25) is 9.69 Å². The molecule has 1 aromatic heterocycles. The van der Waals surface area contributed by atoms with Gasteiger partial charge in [0.1, 0.15) is 5.82 Å². The number of benzene rings is 2. The van der Waals surface area contributed by atoms with Crippen LogP contribution in [-0.4, -0.2) is 84.3 Å². The minimum Gasteiger partial charge on any atom is -0.368 e. The third-order valence-electron chi connectivity index (χ3n) is 6.97. The zero-order valence-corrected chi connectivity index (χ0v) is 19.8. The lowest BCUT2D eigenvalue weighted by Crippen LogP contribution is -2.51. The average molecular weight is 463 g/mol. The van der Waals surface area contributed by atoms with Crippen LogP contribution in [0.5, 0.6) is 0 Å². The number of fused-ring (bicyclic) bond motifs is 1. The van der Waals surface area contributed by atoms with Gasteiger partial charge in [0.25, 0.3) is 5.91 Å². The third kappa shape index (κ3) is 4.42. The Morgan fingerprint density at radius 3 is 2.06 bits per heavy atom. The van der Waals surface area contributed by atoms with Gasteiger partial charge in [0.2, 0.25) is 0 Å². The molecule has 0 atom stereocenters. The highest BCUT2D eigenvalue weighted by Gasteiger charge is 2.27. The molecule has 0 saturated carbocycles. The quantitative estimate of drug-likeness (QED) is 0.593. The van der Waals surface area contributed by atoms with E-state index in [0.717, 1.165) is 61.5 Å². The summed E-state index contributed by atoms with van der Waals surface area (Å²) in [5.41, 5.74) is 1.46. The Kier molecular flexibility index (Phi) is 6.32. The van der Waals surface area contributed by atoms with Crippen molar-refractivity contribution in [2.45, 2.75) is 19.9 Å². The van der Waals surface area contributed by atoms with Gasteiger partial charge in [0.05, 0.1) is 0 Å². The van der Waals surface area contributed by atoms with Crippen molar-refractivity contribution < 1.29 is 9.18 Å². The lowest BCUT2D eigenvalue weighted by Gasteiger charge is -2.37. The molecule has 2 aromatic carbocycles. The third-order valence-corrected chi connectivity index (χ3v) is 6.97. The number of amides is 1. The summed E-state index contributed by atoms with van der Waals surface area (Å²) in [5.74, 6) is 0.552. The van der Waals surface area contributed by atoms with Crippen molar-refractivity contribution in [3.8, 4) is 0 Å². The van der Waals surface area contributed by atoms with Gasteiger partial charge in [-0.05, 0) is 38.1 Å². The molecule has 8 heteroatoms. The molecule has 34 heavy (non-hydrogen) atoms. The molecule has 0 aliphatic carbocycles. The first kappa shape index (κ1) is 22.5. The molecule has 3 aromatic rings.